The smallest absolute Gasteiger partial charge is 0.215 e. The predicted molar refractivity (Wildman–Crippen MR) is 88.2 cm³/mol. The van der Waals surface area contributed by atoms with Gasteiger partial charge in [-0.2, -0.15) is 4.98 Å². The summed E-state index contributed by atoms with van der Waals surface area (Å²) in [7, 11) is 1.59. The van der Waals surface area contributed by atoms with E-state index in [4.69, 9.17) is 17.0 Å². The number of nitrogens with one attached hydrogen (secondary N) is 1. The lowest BCUT2D eigenvalue weighted by atomic mass is 10.3. The average Bonchev–Trinajstić information content (AvgIpc) is 2.74. The number of methoxy groups -OCH3 is 1. The van der Waals surface area contributed by atoms with Crippen LogP contribution >= 0.6 is 44.1 Å². The molecule has 0 aliphatic heterocycles. The van der Waals surface area contributed by atoms with E-state index >= 15 is 0 Å². The maximum Gasteiger partial charge on any atom is 0.215 e. The average molecular weight is 415 g/mol. The van der Waals surface area contributed by atoms with Crippen LogP contribution in [0.4, 0.5) is 0 Å². The zero-order chi connectivity index (χ0) is 14.3. The number of hydrogen-bond donors (Lipinski definition) is 1. The topological polar surface area (TPSA) is 42.8 Å². The SMILES string of the molecule is COc1ccc2[nH]c(=S)n(-c3ccc(Br)cc3Br)c2n1. The Bertz CT molecular complexity index is 856. The highest BCUT2D eigenvalue weighted by molar-refractivity contribution is 9.11. The lowest BCUT2D eigenvalue weighted by Gasteiger charge is -2.07. The molecule has 4 nitrogen and oxygen atoms in total. The number of aromatic nitrogens is 3. The van der Waals surface area contributed by atoms with Gasteiger partial charge in [0.05, 0.1) is 18.3 Å². The first-order valence-corrected chi connectivity index (χ1v) is 7.71. The molecule has 0 aliphatic rings. The van der Waals surface area contributed by atoms with Crippen LogP contribution in [0.2, 0.25) is 0 Å². The number of nitrogens with zero attached hydrogens (tertiary/aromatic N) is 2. The molecule has 0 saturated heterocycles. The van der Waals surface area contributed by atoms with Crippen molar-refractivity contribution in [3.05, 3.63) is 44.0 Å². The maximum absolute atomic E-state index is 5.40. The molecule has 0 bridgehead atoms. The molecule has 2 heterocycles. The highest BCUT2D eigenvalue weighted by atomic mass is 79.9. The number of fused-ring (bicyclic) bond motifs is 1. The van der Waals surface area contributed by atoms with Crippen LogP contribution in [0.3, 0.4) is 0 Å². The second-order valence-electron chi connectivity index (χ2n) is 4.09. The Morgan fingerprint density at radius 2 is 2.05 bits per heavy atom. The molecule has 3 aromatic rings. The van der Waals surface area contributed by atoms with Gasteiger partial charge < -0.3 is 9.72 Å². The van der Waals surface area contributed by atoms with E-state index in [9.17, 15) is 0 Å². The molecule has 0 spiro atoms. The second kappa shape index (κ2) is 5.31. The number of H-pyrrole nitrogens is 1. The first-order valence-electron chi connectivity index (χ1n) is 5.71. The highest BCUT2D eigenvalue weighted by Gasteiger charge is 2.12. The summed E-state index contributed by atoms with van der Waals surface area (Å²) in [5, 5.41) is 0. The third-order valence-corrected chi connectivity index (χ3v) is 4.28. The fraction of sp³-hybridized carbons (Fsp3) is 0.0769. The number of pyridine rings is 1. The molecule has 0 amide bonds. The molecule has 0 saturated carbocycles. The molecule has 0 unspecified atom stereocenters. The molecule has 7 heteroatoms. The Hall–Kier alpha value is -1.18. The van der Waals surface area contributed by atoms with E-state index in [0.717, 1.165) is 25.8 Å². The van der Waals surface area contributed by atoms with Crippen LogP contribution in [-0.4, -0.2) is 21.6 Å². The third-order valence-electron chi connectivity index (χ3n) is 2.87. The van der Waals surface area contributed by atoms with E-state index in [0.29, 0.717) is 10.7 Å². The minimum Gasteiger partial charge on any atom is -0.481 e. The minimum atomic E-state index is 0.550. The molecule has 102 valence electrons. The number of benzene rings is 1. The van der Waals surface area contributed by atoms with Crippen LogP contribution in [0.5, 0.6) is 5.88 Å². The molecule has 0 radical (unpaired) electrons. The van der Waals surface area contributed by atoms with Gasteiger partial charge in [0.1, 0.15) is 0 Å². The van der Waals surface area contributed by atoms with Crippen LogP contribution in [0.25, 0.3) is 16.9 Å². The Morgan fingerprint density at radius 3 is 2.75 bits per heavy atom. The first kappa shape index (κ1) is 13.8. The maximum atomic E-state index is 5.40. The van der Waals surface area contributed by atoms with Gasteiger partial charge in [-0.05, 0) is 52.4 Å². The molecule has 1 N–H and O–H groups in total. The molecular formula is C13H9Br2N3OS. The van der Waals surface area contributed by atoms with Gasteiger partial charge in [-0.25, -0.2) is 0 Å². The molecule has 0 atom stereocenters. The molecule has 3 rings (SSSR count). The lowest BCUT2D eigenvalue weighted by Crippen LogP contribution is -1.98. The predicted octanol–water partition coefficient (Wildman–Crippen LogP) is 4.62. The molecule has 1 aromatic carbocycles. The Morgan fingerprint density at radius 1 is 1.25 bits per heavy atom. The van der Waals surface area contributed by atoms with Crippen molar-refractivity contribution in [3.63, 3.8) is 0 Å². The largest absolute Gasteiger partial charge is 0.481 e. The summed E-state index contributed by atoms with van der Waals surface area (Å²) in [6.07, 6.45) is 0. The van der Waals surface area contributed by atoms with Gasteiger partial charge in [0, 0.05) is 15.0 Å². The van der Waals surface area contributed by atoms with Gasteiger partial charge in [0.2, 0.25) is 5.88 Å². The van der Waals surface area contributed by atoms with Crippen molar-refractivity contribution in [3.8, 4) is 11.6 Å². The van der Waals surface area contributed by atoms with Gasteiger partial charge in [-0.1, -0.05) is 15.9 Å². The standard InChI is InChI=1S/C13H9Br2N3OS/c1-19-11-5-3-9-12(17-11)18(13(20)16-9)10-4-2-7(14)6-8(10)15/h2-6H,1H3,(H,16,20). The number of aromatic amines is 1. The normalized spacial score (nSPS) is 10.9. The number of ether oxygens (including phenoxy) is 1. The van der Waals surface area contributed by atoms with Crippen molar-refractivity contribution < 1.29 is 4.74 Å². The van der Waals surface area contributed by atoms with E-state index in [1.165, 1.54) is 0 Å². The van der Waals surface area contributed by atoms with Crippen molar-refractivity contribution in [2.45, 2.75) is 0 Å². The highest BCUT2D eigenvalue weighted by Crippen LogP contribution is 2.28. The molecule has 0 aliphatic carbocycles. The number of rotatable bonds is 2. The van der Waals surface area contributed by atoms with Gasteiger partial charge in [0.25, 0.3) is 0 Å². The molecular weight excluding hydrogens is 406 g/mol. The van der Waals surface area contributed by atoms with Gasteiger partial charge in [-0.15, -0.1) is 0 Å². The van der Waals surface area contributed by atoms with Crippen LogP contribution in [-0.2, 0) is 0 Å². The fourth-order valence-corrected chi connectivity index (χ4v) is 3.49. The Labute approximate surface area is 137 Å². The van der Waals surface area contributed by atoms with Gasteiger partial charge >= 0.3 is 0 Å². The fourth-order valence-electron chi connectivity index (χ4n) is 1.97. The number of hydrogen-bond acceptors (Lipinski definition) is 3. The Balaban J connectivity index is 2.34. The molecule has 0 fully saturated rings. The summed E-state index contributed by atoms with van der Waals surface area (Å²) in [4.78, 5) is 7.61. The number of halogens is 2. The molecule has 20 heavy (non-hydrogen) atoms. The monoisotopic (exact) mass is 413 g/mol. The van der Waals surface area contributed by atoms with Crippen molar-refractivity contribution in [1.82, 2.24) is 14.5 Å². The zero-order valence-corrected chi connectivity index (χ0v) is 14.3. The Kier molecular flexibility index (Phi) is 3.66. The van der Waals surface area contributed by atoms with Gasteiger partial charge in [0.15, 0.2) is 10.4 Å². The van der Waals surface area contributed by atoms with E-state index in [1.54, 1.807) is 13.2 Å². The minimum absolute atomic E-state index is 0.550. The van der Waals surface area contributed by atoms with Crippen molar-refractivity contribution in [1.29, 1.82) is 0 Å². The van der Waals surface area contributed by atoms with E-state index in [-0.39, 0.29) is 0 Å². The van der Waals surface area contributed by atoms with E-state index < -0.39 is 0 Å². The third kappa shape index (κ3) is 2.30. The van der Waals surface area contributed by atoms with Crippen LogP contribution < -0.4 is 4.74 Å². The van der Waals surface area contributed by atoms with Gasteiger partial charge in [-0.3, -0.25) is 4.57 Å². The summed E-state index contributed by atoms with van der Waals surface area (Å²) < 4.78 is 9.56. The van der Waals surface area contributed by atoms with Crippen molar-refractivity contribution in [2.75, 3.05) is 7.11 Å². The summed E-state index contributed by atoms with van der Waals surface area (Å²) in [6.45, 7) is 0. The summed E-state index contributed by atoms with van der Waals surface area (Å²) in [6, 6.07) is 9.60. The summed E-state index contributed by atoms with van der Waals surface area (Å²) >= 11 is 12.4. The van der Waals surface area contributed by atoms with Crippen LogP contribution in [0.1, 0.15) is 0 Å². The van der Waals surface area contributed by atoms with E-state index in [1.807, 2.05) is 28.8 Å². The summed E-state index contributed by atoms with van der Waals surface area (Å²) in [5.74, 6) is 0.550. The second-order valence-corrected chi connectivity index (χ2v) is 6.24. The lowest BCUT2D eigenvalue weighted by molar-refractivity contribution is 0.399. The summed E-state index contributed by atoms with van der Waals surface area (Å²) in [5.41, 5.74) is 2.52. The van der Waals surface area contributed by atoms with Crippen molar-refractivity contribution in [2.24, 2.45) is 0 Å². The zero-order valence-electron chi connectivity index (χ0n) is 10.4. The number of imidazole rings is 1. The first-order chi connectivity index (χ1) is 9.60. The quantitative estimate of drug-likeness (QED) is 0.622. The van der Waals surface area contributed by atoms with Crippen LogP contribution in [0.15, 0.2) is 39.3 Å². The van der Waals surface area contributed by atoms with Crippen LogP contribution in [0, 0.1) is 4.77 Å². The van der Waals surface area contributed by atoms with E-state index in [2.05, 4.69) is 41.8 Å². The molecule has 2 aromatic heterocycles. The van der Waals surface area contributed by atoms with Crippen molar-refractivity contribution >= 4 is 55.2 Å².